The van der Waals surface area contributed by atoms with Gasteiger partial charge in [-0.1, -0.05) is 52.3 Å². The Morgan fingerprint density at radius 2 is 1.96 bits per heavy atom. The number of benzene rings is 2. The maximum Gasteiger partial charge on any atom is 0.251 e. The van der Waals surface area contributed by atoms with Gasteiger partial charge >= 0.3 is 0 Å². The van der Waals surface area contributed by atoms with Gasteiger partial charge in [0.2, 0.25) is 0 Å². The number of ether oxygens (including phenoxy) is 1. The van der Waals surface area contributed by atoms with E-state index in [0.717, 1.165) is 21.4 Å². The van der Waals surface area contributed by atoms with Gasteiger partial charge in [-0.2, -0.15) is 5.10 Å². The number of carbonyl (C=O) groups excluding carboxylic acids is 1. The van der Waals surface area contributed by atoms with Crippen molar-refractivity contribution in [2.45, 2.75) is 13.5 Å². The van der Waals surface area contributed by atoms with E-state index in [2.05, 4.69) is 26.3 Å². The zero-order chi connectivity index (χ0) is 17.6. The molecule has 0 bridgehead atoms. The third-order valence-electron chi connectivity index (χ3n) is 3.50. The molecule has 0 aliphatic rings. The van der Waals surface area contributed by atoms with E-state index in [4.69, 9.17) is 4.74 Å². The molecule has 0 fully saturated rings. The summed E-state index contributed by atoms with van der Waals surface area (Å²) in [7, 11) is 0. The molecule has 25 heavy (non-hydrogen) atoms. The fourth-order valence-corrected chi connectivity index (χ4v) is 2.80. The number of amides is 1. The van der Waals surface area contributed by atoms with Crippen molar-refractivity contribution >= 4 is 27.7 Å². The summed E-state index contributed by atoms with van der Waals surface area (Å²) in [6, 6.07) is 19.3. The summed E-state index contributed by atoms with van der Waals surface area (Å²) in [5.41, 5.74) is 2.72. The third-order valence-corrected chi connectivity index (χ3v) is 3.99. The minimum atomic E-state index is -0.216. The number of hydrogen-bond donors (Lipinski definition) is 1. The number of carbonyl (C=O) groups is 1. The first kappa shape index (κ1) is 17.4. The van der Waals surface area contributed by atoms with Crippen LogP contribution in [0.4, 0.5) is 5.82 Å². The molecule has 0 saturated heterocycles. The molecule has 3 aromatic rings. The molecule has 0 spiro atoms. The van der Waals surface area contributed by atoms with E-state index < -0.39 is 0 Å². The van der Waals surface area contributed by atoms with Crippen LogP contribution in [-0.2, 0) is 16.1 Å². The maximum atomic E-state index is 12.2. The van der Waals surface area contributed by atoms with Gasteiger partial charge in [-0.3, -0.25) is 4.79 Å². The van der Waals surface area contributed by atoms with Gasteiger partial charge in [-0.15, -0.1) is 0 Å². The smallest absolute Gasteiger partial charge is 0.251 e. The van der Waals surface area contributed by atoms with Crippen LogP contribution in [0.2, 0.25) is 0 Å². The molecule has 1 aromatic heterocycles. The molecule has 1 heterocycles. The molecule has 6 heteroatoms. The second-order valence-electron chi connectivity index (χ2n) is 5.59. The van der Waals surface area contributed by atoms with Crippen molar-refractivity contribution in [2.24, 2.45) is 0 Å². The van der Waals surface area contributed by atoms with Crippen LogP contribution in [0, 0.1) is 6.92 Å². The van der Waals surface area contributed by atoms with Crippen LogP contribution in [-0.4, -0.2) is 22.3 Å². The van der Waals surface area contributed by atoms with Crippen molar-refractivity contribution in [3.63, 3.8) is 0 Å². The molecule has 5 nitrogen and oxygen atoms in total. The first-order valence-electron chi connectivity index (χ1n) is 7.86. The number of anilines is 1. The van der Waals surface area contributed by atoms with Crippen LogP contribution in [0.1, 0.15) is 11.3 Å². The second-order valence-corrected chi connectivity index (χ2v) is 6.50. The summed E-state index contributed by atoms with van der Waals surface area (Å²) in [6.45, 7) is 2.27. The van der Waals surface area contributed by atoms with Gasteiger partial charge in [0.15, 0.2) is 0 Å². The fraction of sp³-hybridized carbons (Fsp3) is 0.158. The van der Waals surface area contributed by atoms with Crippen LogP contribution < -0.4 is 5.32 Å². The van der Waals surface area contributed by atoms with E-state index in [-0.39, 0.29) is 12.5 Å². The highest BCUT2D eigenvalue weighted by Gasteiger charge is 2.11. The Hall–Kier alpha value is -2.44. The lowest BCUT2D eigenvalue weighted by atomic mass is 10.2. The molecule has 0 unspecified atom stereocenters. The van der Waals surface area contributed by atoms with Gasteiger partial charge in [0.25, 0.3) is 5.91 Å². The second kappa shape index (κ2) is 8.09. The summed E-state index contributed by atoms with van der Waals surface area (Å²) in [6.07, 6.45) is 0. The standard InChI is InChI=1S/C19H18BrN3O2/c1-14-10-18(23(22-14)17-9-5-8-16(20)11-17)21-19(24)13-25-12-15-6-3-2-4-7-15/h2-11H,12-13H2,1H3,(H,21,24). The summed E-state index contributed by atoms with van der Waals surface area (Å²) in [4.78, 5) is 12.2. The Labute approximate surface area is 154 Å². The number of rotatable bonds is 6. The lowest BCUT2D eigenvalue weighted by Gasteiger charge is -2.09. The van der Waals surface area contributed by atoms with E-state index in [9.17, 15) is 4.79 Å². The summed E-state index contributed by atoms with van der Waals surface area (Å²) in [5, 5.41) is 7.30. The topological polar surface area (TPSA) is 56.1 Å². The normalized spacial score (nSPS) is 10.6. The van der Waals surface area contributed by atoms with Gasteiger partial charge in [-0.25, -0.2) is 4.68 Å². The van der Waals surface area contributed by atoms with Crippen molar-refractivity contribution in [1.82, 2.24) is 9.78 Å². The zero-order valence-electron chi connectivity index (χ0n) is 13.8. The first-order chi connectivity index (χ1) is 12.1. The molecule has 0 aliphatic carbocycles. The average molecular weight is 400 g/mol. The van der Waals surface area contributed by atoms with Gasteiger partial charge in [0, 0.05) is 10.5 Å². The van der Waals surface area contributed by atoms with Crippen molar-refractivity contribution in [3.8, 4) is 5.69 Å². The lowest BCUT2D eigenvalue weighted by Crippen LogP contribution is -2.20. The highest BCUT2D eigenvalue weighted by Crippen LogP contribution is 2.20. The van der Waals surface area contributed by atoms with E-state index in [1.807, 2.05) is 67.6 Å². The molecule has 3 rings (SSSR count). The van der Waals surface area contributed by atoms with Crippen LogP contribution >= 0.6 is 15.9 Å². The molecule has 128 valence electrons. The van der Waals surface area contributed by atoms with Gasteiger partial charge in [-0.05, 0) is 30.7 Å². The van der Waals surface area contributed by atoms with Crippen LogP contribution in [0.5, 0.6) is 0 Å². The minimum Gasteiger partial charge on any atom is -0.367 e. The van der Waals surface area contributed by atoms with Gasteiger partial charge < -0.3 is 10.1 Å². The first-order valence-corrected chi connectivity index (χ1v) is 8.65. The van der Waals surface area contributed by atoms with Crippen molar-refractivity contribution in [1.29, 1.82) is 0 Å². The maximum absolute atomic E-state index is 12.2. The molecule has 0 atom stereocenters. The molecule has 0 aliphatic heterocycles. The lowest BCUT2D eigenvalue weighted by molar-refractivity contribution is -0.121. The molecule has 2 aromatic carbocycles. The number of nitrogens with one attached hydrogen (secondary N) is 1. The molecule has 1 amide bonds. The van der Waals surface area contributed by atoms with Crippen molar-refractivity contribution in [2.75, 3.05) is 11.9 Å². The van der Waals surface area contributed by atoms with Crippen LogP contribution in [0.25, 0.3) is 5.69 Å². The number of aryl methyl sites for hydroxylation is 1. The molecule has 0 radical (unpaired) electrons. The molecular weight excluding hydrogens is 382 g/mol. The third kappa shape index (κ3) is 4.78. The van der Waals surface area contributed by atoms with Crippen LogP contribution in [0.15, 0.2) is 65.1 Å². The Kier molecular flexibility index (Phi) is 5.63. The predicted molar refractivity (Wildman–Crippen MR) is 101 cm³/mol. The Morgan fingerprint density at radius 1 is 1.16 bits per heavy atom. The quantitative estimate of drug-likeness (QED) is 0.678. The predicted octanol–water partition coefficient (Wildman–Crippen LogP) is 4.10. The van der Waals surface area contributed by atoms with Gasteiger partial charge in [0.05, 0.1) is 18.0 Å². The average Bonchev–Trinajstić information content (AvgIpc) is 2.96. The Morgan fingerprint density at radius 3 is 2.72 bits per heavy atom. The van der Waals surface area contributed by atoms with Gasteiger partial charge in [0.1, 0.15) is 12.4 Å². The van der Waals surface area contributed by atoms with Crippen LogP contribution in [0.3, 0.4) is 0 Å². The fourth-order valence-electron chi connectivity index (χ4n) is 2.41. The number of halogens is 1. The van der Waals surface area contributed by atoms with Crippen molar-refractivity contribution < 1.29 is 9.53 Å². The van der Waals surface area contributed by atoms with E-state index in [1.54, 1.807) is 4.68 Å². The Balaban J connectivity index is 1.63. The number of nitrogens with zero attached hydrogens (tertiary/aromatic N) is 2. The highest BCUT2D eigenvalue weighted by molar-refractivity contribution is 9.10. The largest absolute Gasteiger partial charge is 0.367 e. The Bertz CT molecular complexity index is 862. The highest BCUT2D eigenvalue weighted by atomic mass is 79.9. The zero-order valence-corrected chi connectivity index (χ0v) is 15.4. The molecule has 0 saturated carbocycles. The van der Waals surface area contributed by atoms with E-state index in [1.165, 1.54) is 0 Å². The SMILES string of the molecule is Cc1cc(NC(=O)COCc2ccccc2)n(-c2cccc(Br)c2)n1. The summed E-state index contributed by atoms with van der Waals surface area (Å²) in [5.74, 6) is 0.399. The number of aromatic nitrogens is 2. The van der Waals surface area contributed by atoms with E-state index in [0.29, 0.717) is 12.4 Å². The summed E-state index contributed by atoms with van der Waals surface area (Å²) < 4.78 is 8.13. The molecule has 1 N–H and O–H groups in total. The monoisotopic (exact) mass is 399 g/mol. The van der Waals surface area contributed by atoms with E-state index >= 15 is 0 Å². The minimum absolute atomic E-state index is 0.0163. The number of hydrogen-bond acceptors (Lipinski definition) is 3. The molecular formula is C19H18BrN3O2. The van der Waals surface area contributed by atoms with Crippen molar-refractivity contribution in [3.05, 3.63) is 76.4 Å². The summed E-state index contributed by atoms with van der Waals surface area (Å²) >= 11 is 3.45.